The Morgan fingerprint density at radius 2 is 1.95 bits per heavy atom. The fraction of sp³-hybridized carbons (Fsp3) is 0.684. The zero-order chi connectivity index (χ0) is 15.2. The van der Waals surface area contributed by atoms with Crippen molar-refractivity contribution in [3.63, 3.8) is 0 Å². The molecular weight excluding hydrogens is 258 g/mol. The lowest BCUT2D eigenvalue weighted by molar-refractivity contribution is 0.0332. The molecule has 2 atom stereocenters. The molecule has 0 radical (unpaired) electrons. The first kappa shape index (κ1) is 16.5. The number of ether oxygens (including phenoxy) is 1. The highest BCUT2D eigenvalue weighted by molar-refractivity contribution is 5.35. The molecule has 0 saturated carbocycles. The largest absolute Gasteiger partial charge is 0.380 e. The third-order valence-corrected chi connectivity index (χ3v) is 4.60. The highest BCUT2D eigenvalue weighted by atomic mass is 16.5. The van der Waals surface area contributed by atoms with Crippen LogP contribution in [0.25, 0.3) is 0 Å². The van der Waals surface area contributed by atoms with Crippen molar-refractivity contribution >= 4 is 0 Å². The molecule has 1 aromatic carbocycles. The van der Waals surface area contributed by atoms with Crippen LogP contribution < -0.4 is 5.32 Å². The summed E-state index contributed by atoms with van der Waals surface area (Å²) in [6.45, 7) is 7.77. The van der Waals surface area contributed by atoms with Crippen molar-refractivity contribution in [1.29, 1.82) is 0 Å². The molecule has 1 aliphatic rings. The van der Waals surface area contributed by atoms with Gasteiger partial charge in [0.2, 0.25) is 0 Å². The van der Waals surface area contributed by atoms with Crippen molar-refractivity contribution < 1.29 is 4.74 Å². The van der Waals surface area contributed by atoms with Crippen molar-refractivity contribution in [3.8, 4) is 0 Å². The van der Waals surface area contributed by atoms with Gasteiger partial charge in [-0.2, -0.15) is 0 Å². The molecule has 2 heteroatoms. The molecule has 0 amide bonds. The molecule has 0 fully saturated rings. The zero-order valence-electron chi connectivity index (χ0n) is 14.1. The Balaban J connectivity index is 2.10. The maximum absolute atomic E-state index is 5.77. The van der Waals surface area contributed by atoms with E-state index in [1.165, 1.54) is 24.8 Å². The second-order valence-electron chi connectivity index (χ2n) is 6.67. The minimum atomic E-state index is 0.268. The molecule has 2 rings (SSSR count). The van der Waals surface area contributed by atoms with Crippen molar-refractivity contribution in [1.82, 2.24) is 5.32 Å². The van der Waals surface area contributed by atoms with Gasteiger partial charge < -0.3 is 10.1 Å². The lowest BCUT2D eigenvalue weighted by Gasteiger charge is -2.30. The van der Waals surface area contributed by atoms with Crippen LogP contribution in [0.4, 0.5) is 0 Å². The Morgan fingerprint density at radius 1 is 1.19 bits per heavy atom. The van der Waals surface area contributed by atoms with Crippen molar-refractivity contribution in [2.75, 3.05) is 13.7 Å². The van der Waals surface area contributed by atoms with Gasteiger partial charge in [0, 0.05) is 13.2 Å². The summed E-state index contributed by atoms with van der Waals surface area (Å²) >= 11 is 0. The lowest BCUT2D eigenvalue weighted by atomic mass is 9.92. The monoisotopic (exact) mass is 289 g/mol. The molecule has 1 aromatic rings. The number of hydrogen-bond donors (Lipinski definition) is 1. The number of fused-ring (bicyclic) bond motifs is 1. The molecule has 118 valence electrons. The topological polar surface area (TPSA) is 21.3 Å². The Labute approximate surface area is 130 Å². The quantitative estimate of drug-likeness (QED) is 0.787. The standard InChI is InChI=1S/C19H31NO/c1-5-11-20-18(19(21-4)14(2)3)13-15-9-10-16-7-6-8-17(16)12-15/h9-10,12,14,18-20H,5-8,11,13H2,1-4H3. The van der Waals surface area contributed by atoms with E-state index in [4.69, 9.17) is 4.74 Å². The number of methoxy groups -OCH3 is 1. The van der Waals surface area contributed by atoms with Crippen LogP contribution in [0, 0.1) is 5.92 Å². The summed E-state index contributed by atoms with van der Waals surface area (Å²) in [7, 11) is 1.84. The van der Waals surface area contributed by atoms with E-state index in [9.17, 15) is 0 Å². The summed E-state index contributed by atoms with van der Waals surface area (Å²) in [4.78, 5) is 0. The summed E-state index contributed by atoms with van der Waals surface area (Å²) < 4.78 is 5.77. The van der Waals surface area contributed by atoms with Gasteiger partial charge in [-0.3, -0.25) is 0 Å². The van der Waals surface area contributed by atoms with Crippen LogP contribution in [0.2, 0.25) is 0 Å². The first-order valence-electron chi connectivity index (χ1n) is 8.52. The van der Waals surface area contributed by atoms with E-state index >= 15 is 0 Å². The molecule has 21 heavy (non-hydrogen) atoms. The average Bonchev–Trinajstić information content (AvgIpc) is 2.92. The SMILES string of the molecule is CCCNC(Cc1ccc2c(c1)CCC2)C(OC)C(C)C. The van der Waals surface area contributed by atoms with Gasteiger partial charge in [-0.25, -0.2) is 0 Å². The molecular formula is C19H31NO. The molecule has 0 bridgehead atoms. The summed E-state index contributed by atoms with van der Waals surface area (Å²) in [5.74, 6) is 0.527. The Hall–Kier alpha value is -0.860. The van der Waals surface area contributed by atoms with Gasteiger partial charge in [-0.1, -0.05) is 39.0 Å². The summed E-state index contributed by atoms with van der Waals surface area (Å²) in [6.07, 6.45) is 6.33. The number of aryl methyl sites for hydroxylation is 2. The van der Waals surface area contributed by atoms with E-state index in [1.54, 1.807) is 11.1 Å². The van der Waals surface area contributed by atoms with Crippen LogP contribution in [0.5, 0.6) is 0 Å². The van der Waals surface area contributed by atoms with Gasteiger partial charge in [0.05, 0.1) is 6.10 Å². The van der Waals surface area contributed by atoms with Crippen molar-refractivity contribution in [2.24, 2.45) is 5.92 Å². The molecule has 1 aliphatic carbocycles. The maximum atomic E-state index is 5.77. The van der Waals surface area contributed by atoms with E-state index in [0.29, 0.717) is 12.0 Å². The summed E-state index contributed by atoms with van der Waals surface area (Å²) in [5, 5.41) is 3.69. The van der Waals surface area contributed by atoms with Crippen LogP contribution in [-0.2, 0) is 24.0 Å². The molecule has 0 saturated heterocycles. The Bertz CT molecular complexity index is 441. The first-order valence-corrected chi connectivity index (χ1v) is 8.52. The molecule has 2 unspecified atom stereocenters. The second-order valence-corrected chi connectivity index (χ2v) is 6.67. The van der Waals surface area contributed by atoms with E-state index in [2.05, 4.69) is 44.3 Å². The van der Waals surface area contributed by atoms with Crippen LogP contribution in [0.3, 0.4) is 0 Å². The third kappa shape index (κ3) is 4.31. The van der Waals surface area contributed by atoms with Crippen LogP contribution in [0.1, 0.15) is 50.3 Å². The van der Waals surface area contributed by atoms with Gasteiger partial charge in [0.25, 0.3) is 0 Å². The van der Waals surface area contributed by atoms with E-state index in [1.807, 2.05) is 7.11 Å². The number of benzene rings is 1. The molecule has 0 aliphatic heterocycles. The smallest absolute Gasteiger partial charge is 0.0750 e. The van der Waals surface area contributed by atoms with Crippen molar-refractivity contribution in [2.45, 2.75) is 65.0 Å². The minimum absolute atomic E-state index is 0.268. The molecule has 1 N–H and O–H groups in total. The summed E-state index contributed by atoms with van der Waals surface area (Å²) in [5.41, 5.74) is 4.58. The Kier molecular flexibility index (Phi) is 6.25. The summed E-state index contributed by atoms with van der Waals surface area (Å²) in [6, 6.07) is 7.48. The highest BCUT2D eigenvalue weighted by Gasteiger charge is 2.24. The van der Waals surface area contributed by atoms with Gasteiger partial charge in [-0.15, -0.1) is 0 Å². The van der Waals surface area contributed by atoms with E-state index in [0.717, 1.165) is 19.4 Å². The fourth-order valence-corrected chi connectivity index (χ4v) is 3.54. The molecule has 0 spiro atoms. The predicted octanol–water partition coefficient (Wildman–Crippen LogP) is 3.76. The second kappa shape index (κ2) is 7.95. The normalized spacial score (nSPS) is 17.0. The highest BCUT2D eigenvalue weighted by Crippen LogP contribution is 2.24. The molecule has 0 heterocycles. The van der Waals surface area contributed by atoms with Gasteiger partial charge in [0.1, 0.15) is 0 Å². The van der Waals surface area contributed by atoms with Crippen LogP contribution in [0.15, 0.2) is 18.2 Å². The number of rotatable bonds is 8. The van der Waals surface area contributed by atoms with Gasteiger partial charge in [0.15, 0.2) is 0 Å². The van der Waals surface area contributed by atoms with Crippen LogP contribution in [-0.4, -0.2) is 25.8 Å². The lowest BCUT2D eigenvalue weighted by Crippen LogP contribution is -2.45. The first-order chi connectivity index (χ1) is 10.2. The Morgan fingerprint density at radius 3 is 2.62 bits per heavy atom. The van der Waals surface area contributed by atoms with E-state index in [-0.39, 0.29) is 6.10 Å². The van der Waals surface area contributed by atoms with Gasteiger partial charge >= 0.3 is 0 Å². The average molecular weight is 289 g/mol. The van der Waals surface area contributed by atoms with E-state index < -0.39 is 0 Å². The van der Waals surface area contributed by atoms with Gasteiger partial charge in [-0.05, 0) is 61.3 Å². The third-order valence-electron chi connectivity index (χ3n) is 4.60. The number of hydrogen-bond acceptors (Lipinski definition) is 2. The van der Waals surface area contributed by atoms with Crippen molar-refractivity contribution in [3.05, 3.63) is 34.9 Å². The predicted molar refractivity (Wildman–Crippen MR) is 89.9 cm³/mol. The molecule has 0 aromatic heterocycles. The fourth-order valence-electron chi connectivity index (χ4n) is 3.54. The molecule has 2 nitrogen and oxygen atoms in total. The number of nitrogens with one attached hydrogen (secondary N) is 1. The van der Waals surface area contributed by atoms with Crippen LogP contribution >= 0.6 is 0 Å². The minimum Gasteiger partial charge on any atom is -0.380 e. The maximum Gasteiger partial charge on any atom is 0.0750 e. The zero-order valence-corrected chi connectivity index (χ0v) is 14.1.